The monoisotopic (exact) mass is 495 g/mol. The maximum atomic E-state index is 13.0. The Morgan fingerprint density at radius 2 is 1.77 bits per heavy atom. The Morgan fingerprint density at radius 3 is 2.46 bits per heavy atom. The largest absolute Gasteiger partial charge is 0.497 e. The van der Waals surface area contributed by atoms with Gasteiger partial charge in [0.2, 0.25) is 5.91 Å². The molecular weight excluding hydrogens is 470 g/mol. The van der Waals surface area contributed by atoms with Crippen molar-refractivity contribution in [1.82, 2.24) is 18.7 Å². The van der Waals surface area contributed by atoms with Gasteiger partial charge >= 0.3 is 5.69 Å². The second-order valence-electron chi connectivity index (χ2n) is 7.75. The summed E-state index contributed by atoms with van der Waals surface area (Å²) in [5.41, 5.74) is 1.10. The van der Waals surface area contributed by atoms with E-state index in [-0.39, 0.29) is 17.3 Å². The van der Waals surface area contributed by atoms with Crippen LogP contribution in [0.4, 0.5) is 5.69 Å². The van der Waals surface area contributed by atoms with E-state index in [1.54, 1.807) is 29.8 Å². The Kier molecular flexibility index (Phi) is 6.97. The number of hydrogen-bond donors (Lipinski definition) is 1. The maximum Gasteiger partial charge on any atom is 0.332 e. The lowest BCUT2D eigenvalue weighted by molar-refractivity contribution is -0.113. The molecule has 0 saturated heterocycles. The Labute approximate surface area is 205 Å². The molecule has 1 amide bonds. The van der Waals surface area contributed by atoms with Crippen LogP contribution >= 0.6 is 11.8 Å². The third-order valence-corrected chi connectivity index (χ3v) is 6.49. The van der Waals surface area contributed by atoms with Crippen molar-refractivity contribution in [2.75, 3.05) is 25.3 Å². The number of carbonyl (C=O) groups is 1. The minimum atomic E-state index is -0.466. The van der Waals surface area contributed by atoms with Gasteiger partial charge < -0.3 is 19.4 Å². The zero-order valence-electron chi connectivity index (χ0n) is 19.8. The number of amides is 1. The van der Waals surface area contributed by atoms with Gasteiger partial charge in [-0.25, -0.2) is 9.78 Å². The molecule has 0 saturated carbocycles. The second kappa shape index (κ2) is 10.1. The number of methoxy groups -OCH3 is 2. The molecule has 0 aliphatic carbocycles. The SMILES string of the molecule is COc1ccc(OC)c(NC(=O)CSc2nc3c(c(=O)n(C)c(=O)n3C)n2Cc2ccccc2)c1. The lowest BCUT2D eigenvalue weighted by Gasteiger charge is -2.12. The number of nitrogens with zero attached hydrogens (tertiary/aromatic N) is 4. The zero-order valence-corrected chi connectivity index (χ0v) is 20.6. The Hall–Kier alpha value is -3.99. The average Bonchev–Trinajstić information content (AvgIpc) is 3.23. The fourth-order valence-corrected chi connectivity index (χ4v) is 4.47. The van der Waals surface area contributed by atoms with Crippen molar-refractivity contribution < 1.29 is 14.3 Å². The van der Waals surface area contributed by atoms with Crippen LogP contribution in [0.1, 0.15) is 5.56 Å². The molecule has 4 aromatic rings. The molecule has 2 aromatic carbocycles. The number of fused-ring (bicyclic) bond motifs is 1. The predicted octanol–water partition coefficient (Wildman–Crippen LogP) is 2.23. The van der Waals surface area contributed by atoms with E-state index in [0.717, 1.165) is 10.1 Å². The molecule has 0 bridgehead atoms. The molecule has 0 unspecified atom stereocenters. The molecule has 11 heteroatoms. The number of anilines is 1. The number of ether oxygens (including phenoxy) is 2. The molecule has 10 nitrogen and oxygen atoms in total. The Balaban J connectivity index is 1.67. The molecule has 0 radical (unpaired) electrons. The standard InChI is InChI=1S/C24H25N5O5S/c1-27-21-20(22(31)28(2)24(27)32)29(13-15-8-6-5-7-9-15)23(26-21)35-14-19(30)25-17-12-16(33-3)10-11-18(17)34-4/h5-12H,13-14H2,1-4H3,(H,25,30). The topological polar surface area (TPSA) is 109 Å². The highest BCUT2D eigenvalue weighted by atomic mass is 32.2. The highest BCUT2D eigenvalue weighted by Crippen LogP contribution is 2.29. The predicted molar refractivity (Wildman–Crippen MR) is 135 cm³/mol. The van der Waals surface area contributed by atoms with Gasteiger partial charge in [0.1, 0.15) is 11.5 Å². The van der Waals surface area contributed by atoms with Crippen LogP contribution in [0.25, 0.3) is 11.2 Å². The van der Waals surface area contributed by atoms with Crippen molar-refractivity contribution in [2.24, 2.45) is 14.1 Å². The highest BCUT2D eigenvalue weighted by Gasteiger charge is 2.20. The number of nitrogens with one attached hydrogen (secondary N) is 1. The summed E-state index contributed by atoms with van der Waals surface area (Å²) in [5.74, 6) is 0.808. The van der Waals surface area contributed by atoms with Gasteiger partial charge in [-0.1, -0.05) is 42.1 Å². The molecular formula is C24H25N5O5S. The summed E-state index contributed by atoms with van der Waals surface area (Å²) in [5, 5.41) is 3.28. The molecule has 4 rings (SSSR count). The summed E-state index contributed by atoms with van der Waals surface area (Å²) in [6, 6.07) is 14.7. The van der Waals surface area contributed by atoms with Gasteiger partial charge in [0.05, 0.1) is 32.2 Å². The Bertz CT molecular complexity index is 1510. The lowest BCUT2D eigenvalue weighted by atomic mass is 10.2. The minimum Gasteiger partial charge on any atom is -0.497 e. The first-order chi connectivity index (χ1) is 16.8. The van der Waals surface area contributed by atoms with Crippen molar-refractivity contribution in [3.63, 3.8) is 0 Å². The minimum absolute atomic E-state index is 0.0206. The van der Waals surface area contributed by atoms with Gasteiger partial charge in [0, 0.05) is 20.2 Å². The van der Waals surface area contributed by atoms with E-state index in [4.69, 9.17) is 9.47 Å². The van der Waals surface area contributed by atoms with E-state index < -0.39 is 11.2 Å². The zero-order chi connectivity index (χ0) is 25.1. The van der Waals surface area contributed by atoms with Crippen molar-refractivity contribution in [3.05, 3.63) is 74.9 Å². The number of aryl methyl sites for hydroxylation is 1. The fourth-order valence-electron chi connectivity index (χ4n) is 3.68. The molecule has 2 aromatic heterocycles. The van der Waals surface area contributed by atoms with Crippen LogP contribution in [-0.4, -0.2) is 44.6 Å². The third kappa shape index (κ3) is 4.80. The molecule has 0 atom stereocenters. The van der Waals surface area contributed by atoms with Crippen LogP contribution in [-0.2, 0) is 25.4 Å². The van der Waals surface area contributed by atoms with Crippen LogP contribution in [0.3, 0.4) is 0 Å². The summed E-state index contributed by atoms with van der Waals surface area (Å²) in [7, 11) is 6.06. The van der Waals surface area contributed by atoms with E-state index in [0.29, 0.717) is 34.4 Å². The van der Waals surface area contributed by atoms with Gasteiger partial charge in [-0.15, -0.1) is 0 Å². The number of imidazole rings is 1. The fraction of sp³-hybridized carbons (Fsp3) is 0.250. The first-order valence-electron chi connectivity index (χ1n) is 10.7. The molecule has 0 spiro atoms. The summed E-state index contributed by atoms with van der Waals surface area (Å²) in [4.78, 5) is 42.8. The van der Waals surface area contributed by atoms with Gasteiger partial charge in [0.25, 0.3) is 5.56 Å². The van der Waals surface area contributed by atoms with Gasteiger partial charge in [-0.2, -0.15) is 0 Å². The highest BCUT2D eigenvalue weighted by molar-refractivity contribution is 7.99. The van der Waals surface area contributed by atoms with Crippen LogP contribution < -0.4 is 26.0 Å². The molecule has 0 fully saturated rings. The van der Waals surface area contributed by atoms with Crippen molar-refractivity contribution >= 4 is 34.5 Å². The molecule has 0 aliphatic rings. The Morgan fingerprint density at radius 1 is 1.03 bits per heavy atom. The van der Waals surface area contributed by atoms with E-state index in [1.807, 2.05) is 30.3 Å². The number of thioether (sulfide) groups is 1. The van der Waals surface area contributed by atoms with Crippen LogP contribution in [0, 0.1) is 0 Å². The van der Waals surface area contributed by atoms with Crippen molar-refractivity contribution in [2.45, 2.75) is 11.7 Å². The van der Waals surface area contributed by atoms with Gasteiger partial charge in [-0.3, -0.25) is 18.7 Å². The van der Waals surface area contributed by atoms with Crippen molar-refractivity contribution in [1.29, 1.82) is 0 Å². The number of carbonyl (C=O) groups excluding carboxylic acids is 1. The third-order valence-electron chi connectivity index (χ3n) is 5.51. The summed E-state index contributed by atoms with van der Waals surface area (Å²) in [6.45, 7) is 0.360. The van der Waals surface area contributed by atoms with Crippen molar-refractivity contribution in [3.8, 4) is 11.5 Å². The summed E-state index contributed by atoms with van der Waals surface area (Å²) >= 11 is 1.18. The van der Waals surface area contributed by atoms with E-state index >= 15 is 0 Å². The molecule has 182 valence electrons. The molecule has 0 aliphatic heterocycles. The number of aromatic nitrogens is 4. The van der Waals surface area contributed by atoms with E-state index in [2.05, 4.69) is 10.3 Å². The van der Waals surface area contributed by atoms with E-state index in [9.17, 15) is 14.4 Å². The summed E-state index contributed by atoms with van der Waals surface area (Å²) in [6.07, 6.45) is 0. The van der Waals surface area contributed by atoms with Gasteiger partial charge in [-0.05, 0) is 17.7 Å². The first-order valence-corrected chi connectivity index (χ1v) is 11.7. The quantitative estimate of drug-likeness (QED) is 0.373. The maximum absolute atomic E-state index is 13.0. The molecule has 2 heterocycles. The first kappa shape index (κ1) is 24.1. The van der Waals surface area contributed by atoms with Crippen LogP contribution in [0.5, 0.6) is 11.5 Å². The smallest absolute Gasteiger partial charge is 0.332 e. The van der Waals surface area contributed by atoms with Gasteiger partial charge in [0.15, 0.2) is 16.3 Å². The lowest BCUT2D eigenvalue weighted by Crippen LogP contribution is -2.37. The second-order valence-corrected chi connectivity index (χ2v) is 8.69. The number of benzene rings is 2. The normalized spacial score (nSPS) is 11.0. The van der Waals surface area contributed by atoms with Crippen LogP contribution in [0.2, 0.25) is 0 Å². The average molecular weight is 496 g/mol. The van der Waals surface area contributed by atoms with E-state index in [1.165, 1.54) is 37.6 Å². The molecule has 1 N–H and O–H groups in total. The number of hydrogen-bond acceptors (Lipinski definition) is 7. The number of rotatable bonds is 8. The molecule has 35 heavy (non-hydrogen) atoms. The summed E-state index contributed by atoms with van der Waals surface area (Å²) < 4.78 is 14.7. The van der Waals surface area contributed by atoms with Crippen LogP contribution in [0.15, 0.2) is 63.3 Å².